The number of carbonyl (C=O) groups excluding carboxylic acids is 2. The Bertz CT molecular complexity index is 1390. The summed E-state index contributed by atoms with van der Waals surface area (Å²) in [5.74, 6) is 0.636. The van der Waals surface area contributed by atoms with E-state index in [4.69, 9.17) is 25.8 Å². The molecule has 0 saturated heterocycles. The van der Waals surface area contributed by atoms with E-state index in [1.807, 2.05) is 30.3 Å². The molecule has 1 unspecified atom stereocenters. The molecule has 0 radical (unpaired) electrons. The van der Waals surface area contributed by atoms with Crippen molar-refractivity contribution in [2.24, 2.45) is 5.10 Å². The van der Waals surface area contributed by atoms with Crippen LogP contribution >= 0.6 is 11.6 Å². The van der Waals surface area contributed by atoms with E-state index in [1.165, 1.54) is 6.21 Å². The van der Waals surface area contributed by atoms with Gasteiger partial charge in [-0.1, -0.05) is 54.1 Å². The Labute approximate surface area is 225 Å². The molecule has 192 valence electrons. The van der Waals surface area contributed by atoms with Crippen LogP contribution < -0.4 is 19.6 Å². The summed E-state index contributed by atoms with van der Waals surface area (Å²) in [7, 11) is 0. The second-order valence-electron chi connectivity index (χ2n) is 8.18. The molecule has 0 heterocycles. The largest absolute Gasteiger partial charge is 0.489 e. The van der Waals surface area contributed by atoms with E-state index in [0.29, 0.717) is 34.4 Å². The smallest absolute Gasteiger partial charge is 0.345 e. The van der Waals surface area contributed by atoms with Crippen LogP contribution in [0.4, 0.5) is 0 Å². The van der Waals surface area contributed by atoms with Crippen LogP contribution in [-0.4, -0.2) is 24.2 Å². The van der Waals surface area contributed by atoms with Crippen molar-refractivity contribution in [1.82, 2.24) is 5.43 Å². The van der Waals surface area contributed by atoms with Gasteiger partial charge in [-0.05, 0) is 78.7 Å². The van der Waals surface area contributed by atoms with Crippen molar-refractivity contribution in [3.05, 3.63) is 125 Å². The highest BCUT2D eigenvalue weighted by Gasteiger charge is 2.14. The van der Waals surface area contributed by atoms with Crippen molar-refractivity contribution in [2.75, 3.05) is 0 Å². The molecule has 38 heavy (non-hydrogen) atoms. The Hall–Kier alpha value is -4.62. The van der Waals surface area contributed by atoms with Crippen molar-refractivity contribution in [2.45, 2.75) is 19.6 Å². The monoisotopic (exact) mass is 528 g/mol. The lowest BCUT2D eigenvalue weighted by atomic mass is 10.2. The van der Waals surface area contributed by atoms with Crippen LogP contribution in [0.15, 0.2) is 108 Å². The molecule has 4 rings (SSSR count). The molecule has 0 aliphatic carbocycles. The Kier molecular flexibility index (Phi) is 9.10. The summed E-state index contributed by atoms with van der Waals surface area (Å²) < 4.78 is 16.8. The maximum absolute atomic E-state index is 12.4. The highest BCUT2D eigenvalue weighted by molar-refractivity contribution is 6.33. The minimum atomic E-state index is -0.769. The van der Waals surface area contributed by atoms with E-state index in [-0.39, 0.29) is 5.56 Å². The van der Waals surface area contributed by atoms with Gasteiger partial charge < -0.3 is 14.2 Å². The van der Waals surface area contributed by atoms with Gasteiger partial charge in [0.2, 0.25) is 0 Å². The van der Waals surface area contributed by atoms with Gasteiger partial charge >= 0.3 is 5.97 Å². The highest BCUT2D eigenvalue weighted by Crippen LogP contribution is 2.20. The van der Waals surface area contributed by atoms with Crippen molar-refractivity contribution in [3.63, 3.8) is 0 Å². The first-order valence-electron chi connectivity index (χ1n) is 11.8. The molecule has 0 aromatic heterocycles. The fourth-order valence-corrected chi connectivity index (χ4v) is 3.50. The fraction of sp³-hybridized carbons (Fsp3) is 0.100. The molecule has 4 aromatic rings. The zero-order chi connectivity index (χ0) is 26.7. The normalized spacial score (nSPS) is 11.5. The van der Waals surface area contributed by atoms with Crippen LogP contribution in [0.5, 0.6) is 17.2 Å². The lowest BCUT2D eigenvalue weighted by Gasteiger charge is -2.13. The zero-order valence-corrected chi connectivity index (χ0v) is 21.3. The number of nitrogens with one attached hydrogen (secondary N) is 1. The Balaban J connectivity index is 1.22. The van der Waals surface area contributed by atoms with Crippen molar-refractivity contribution >= 4 is 29.7 Å². The van der Waals surface area contributed by atoms with E-state index in [2.05, 4.69) is 10.5 Å². The molecule has 1 N–H and O–H groups in total. The molecule has 1 amide bonds. The Morgan fingerprint density at radius 3 is 2.18 bits per heavy atom. The first-order valence-corrected chi connectivity index (χ1v) is 12.2. The van der Waals surface area contributed by atoms with Gasteiger partial charge in [-0.3, -0.25) is 4.79 Å². The molecule has 0 saturated carbocycles. The van der Waals surface area contributed by atoms with Crippen molar-refractivity contribution in [1.29, 1.82) is 0 Å². The molecule has 0 bridgehead atoms. The van der Waals surface area contributed by atoms with Gasteiger partial charge in [0.15, 0.2) is 6.10 Å². The third kappa shape index (κ3) is 7.69. The summed E-state index contributed by atoms with van der Waals surface area (Å²) in [4.78, 5) is 24.6. The van der Waals surface area contributed by atoms with Crippen LogP contribution in [0.3, 0.4) is 0 Å². The van der Waals surface area contributed by atoms with Crippen molar-refractivity contribution in [3.8, 4) is 17.2 Å². The first-order chi connectivity index (χ1) is 18.5. The number of halogens is 1. The van der Waals surface area contributed by atoms with E-state index < -0.39 is 18.0 Å². The molecule has 0 spiro atoms. The topological polar surface area (TPSA) is 86.2 Å². The third-order valence-corrected chi connectivity index (χ3v) is 5.66. The minimum absolute atomic E-state index is 0.284. The van der Waals surface area contributed by atoms with Gasteiger partial charge in [-0.25, -0.2) is 10.2 Å². The minimum Gasteiger partial charge on any atom is -0.489 e. The maximum atomic E-state index is 12.4. The molecular weight excluding hydrogens is 504 g/mol. The first kappa shape index (κ1) is 26.4. The quantitative estimate of drug-likeness (QED) is 0.117. The number of nitrogens with zero attached hydrogens (tertiary/aromatic N) is 1. The number of ether oxygens (including phenoxy) is 3. The summed E-state index contributed by atoms with van der Waals surface area (Å²) >= 11 is 6.03. The molecule has 1 atom stereocenters. The number of rotatable bonds is 10. The Morgan fingerprint density at radius 1 is 0.842 bits per heavy atom. The molecular formula is C30H25ClN2O5. The van der Waals surface area contributed by atoms with Gasteiger partial charge in [0, 0.05) is 0 Å². The number of esters is 1. The third-order valence-electron chi connectivity index (χ3n) is 5.33. The average molecular weight is 529 g/mol. The highest BCUT2D eigenvalue weighted by atomic mass is 35.5. The lowest BCUT2D eigenvalue weighted by molar-refractivity contribution is -0.127. The number of hydrogen-bond acceptors (Lipinski definition) is 6. The van der Waals surface area contributed by atoms with Crippen LogP contribution in [0, 0.1) is 0 Å². The number of hydrazone groups is 1. The molecule has 0 aliphatic rings. The SMILES string of the molecule is CC(Oc1ccc(OCc2ccccc2)cc1)C(=O)N/N=C/c1ccc(OC(=O)c2ccccc2Cl)cc1. The van der Waals surface area contributed by atoms with Gasteiger partial charge in [-0.15, -0.1) is 0 Å². The standard InChI is InChI=1S/C30H25ClN2O5/c1-21(37-25-17-15-24(16-18-25)36-20-23-7-3-2-4-8-23)29(34)33-32-19-22-11-13-26(14-12-22)38-30(35)27-9-5-6-10-28(27)31/h2-19,21H,20H2,1H3,(H,33,34)/b32-19+. The van der Waals surface area contributed by atoms with E-state index in [9.17, 15) is 9.59 Å². The summed E-state index contributed by atoms with van der Waals surface area (Å²) in [5.41, 5.74) is 4.51. The van der Waals surface area contributed by atoms with E-state index in [0.717, 1.165) is 5.56 Å². The number of hydrogen-bond donors (Lipinski definition) is 1. The van der Waals surface area contributed by atoms with E-state index >= 15 is 0 Å². The van der Waals surface area contributed by atoms with Gasteiger partial charge in [0.05, 0.1) is 16.8 Å². The van der Waals surface area contributed by atoms with Gasteiger partial charge in [0.25, 0.3) is 5.91 Å². The molecule has 0 fully saturated rings. The second-order valence-corrected chi connectivity index (χ2v) is 8.59. The predicted molar refractivity (Wildman–Crippen MR) is 146 cm³/mol. The number of carbonyl (C=O) groups is 2. The average Bonchev–Trinajstić information content (AvgIpc) is 2.94. The molecule has 7 nitrogen and oxygen atoms in total. The maximum Gasteiger partial charge on any atom is 0.345 e. The van der Waals surface area contributed by atoms with Crippen LogP contribution in [0.1, 0.15) is 28.4 Å². The number of benzene rings is 4. The lowest BCUT2D eigenvalue weighted by Crippen LogP contribution is -2.33. The fourth-order valence-electron chi connectivity index (χ4n) is 3.29. The van der Waals surface area contributed by atoms with Crippen LogP contribution in [0.25, 0.3) is 0 Å². The zero-order valence-electron chi connectivity index (χ0n) is 20.5. The predicted octanol–water partition coefficient (Wildman–Crippen LogP) is 6.06. The van der Waals surface area contributed by atoms with Crippen LogP contribution in [-0.2, 0) is 11.4 Å². The van der Waals surface area contributed by atoms with Gasteiger partial charge in [-0.2, -0.15) is 5.10 Å². The summed E-state index contributed by atoms with van der Waals surface area (Å²) in [6.45, 7) is 2.10. The van der Waals surface area contributed by atoms with Gasteiger partial charge in [0.1, 0.15) is 23.9 Å². The molecule has 4 aromatic carbocycles. The second kappa shape index (κ2) is 13.1. The van der Waals surface area contributed by atoms with Crippen molar-refractivity contribution < 1.29 is 23.8 Å². The van der Waals surface area contributed by atoms with E-state index in [1.54, 1.807) is 79.7 Å². The number of amides is 1. The molecule has 8 heteroatoms. The molecule has 0 aliphatic heterocycles. The van der Waals surface area contributed by atoms with Crippen LogP contribution in [0.2, 0.25) is 5.02 Å². The summed E-state index contributed by atoms with van der Waals surface area (Å²) in [5, 5.41) is 4.29. The summed E-state index contributed by atoms with van der Waals surface area (Å²) in [6, 6.07) is 30.2. The Morgan fingerprint density at radius 2 is 1.47 bits per heavy atom. The summed E-state index contributed by atoms with van der Waals surface area (Å²) in [6.07, 6.45) is 0.707.